The number of rotatable bonds is 7. The monoisotopic (exact) mass is 482 g/mol. The highest BCUT2D eigenvalue weighted by atomic mass is 16.5. The lowest BCUT2D eigenvalue weighted by molar-refractivity contribution is -0.117. The number of ether oxygens (including phenoxy) is 1. The molecule has 1 unspecified atom stereocenters. The molecule has 4 aromatic rings. The van der Waals surface area contributed by atoms with Crippen molar-refractivity contribution in [2.45, 2.75) is 19.4 Å². The molecule has 8 heteroatoms. The van der Waals surface area contributed by atoms with Crippen LogP contribution in [0.25, 0.3) is 11.0 Å². The lowest BCUT2D eigenvalue weighted by Gasteiger charge is -2.26. The number of amides is 1. The van der Waals surface area contributed by atoms with Gasteiger partial charge >= 0.3 is 5.97 Å². The number of nitrogens with zero attached hydrogens (tertiary/aromatic N) is 2. The summed E-state index contributed by atoms with van der Waals surface area (Å²) in [4.78, 5) is 44.9. The highest BCUT2D eigenvalue weighted by Crippen LogP contribution is 2.42. The van der Waals surface area contributed by atoms with Gasteiger partial charge in [0.1, 0.15) is 5.58 Å². The highest BCUT2D eigenvalue weighted by Gasteiger charge is 2.45. The number of fused-ring (bicyclic) bond motifs is 1. The van der Waals surface area contributed by atoms with E-state index in [-0.39, 0.29) is 23.5 Å². The van der Waals surface area contributed by atoms with Gasteiger partial charge in [-0.15, -0.1) is 0 Å². The Morgan fingerprint density at radius 1 is 1.08 bits per heavy atom. The molecular formula is C28H22N2O6. The molecule has 0 aliphatic carbocycles. The van der Waals surface area contributed by atoms with Crippen LogP contribution in [-0.4, -0.2) is 34.4 Å². The number of furan rings is 1. The van der Waals surface area contributed by atoms with E-state index in [9.17, 15) is 19.5 Å². The number of aliphatic hydroxyl groups is 1. The number of pyridine rings is 1. The minimum Gasteiger partial charge on any atom is -0.503 e. The van der Waals surface area contributed by atoms with Crippen LogP contribution in [0.3, 0.4) is 0 Å². The Hall–Kier alpha value is -4.72. The van der Waals surface area contributed by atoms with Crippen molar-refractivity contribution in [3.05, 3.63) is 107 Å². The average Bonchev–Trinajstić information content (AvgIpc) is 3.46. The average molecular weight is 482 g/mol. The molecule has 0 bridgehead atoms. The molecule has 8 nitrogen and oxygen atoms in total. The zero-order chi connectivity index (χ0) is 25.2. The Morgan fingerprint density at radius 2 is 1.92 bits per heavy atom. The summed E-state index contributed by atoms with van der Waals surface area (Å²) in [6, 6.07) is 17.4. The molecule has 36 heavy (non-hydrogen) atoms. The quantitative estimate of drug-likeness (QED) is 0.286. The number of Topliss-reactive ketones (excluding diaryl/α,β-unsaturated/α-hetero) is 1. The topological polar surface area (TPSA) is 110 Å². The largest absolute Gasteiger partial charge is 0.503 e. The van der Waals surface area contributed by atoms with Gasteiger partial charge < -0.3 is 14.3 Å². The van der Waals surface area contributed by atoms with Crippen LogP contribution < -0.4 is 4.90 Å². The van der Waals surface area contributed by atoms with Gasteiger partial charge in [0.25, 0.3) is 5.91 Å². The fourth-order valence-electron chi connectivity index (χ4n) is 4.24. The summed E-state index contributed by atoms with van der Waals surface area (Å²) >= 11 is 0. The zero-order valence-corrected chi connectivity index (χ0v) is 19.4. The van der Waals surface area contributed by atoms with Crippen LogP contribution in [0.2, 0.25) is 0 Å². The second-order valence-corrected chi connectivity index (χ2v) is 8.29. The lowest BCUT2D eigenvalue weighted by Crippen LogP contribution is -2.31. The molecule has 1 aliphatic rings. The van der Waals surface area contributed by atoms with Gasteiger partial charge in [-0.25, -0.2) is 4.79 Å². The van der Waals surface area contributed by atoms with Gasteiger partial charge in [-0.3, -0.25) is 19.5 Å². The van der Waals surface area contributed by atoms with Crippen molar-refractivity contribution in [1.82, 2.24) is 4.98 Å². The van der Waals surface area contributed by atoms with E-state index in [2.05, 4.69) is 4.98 Å². The van der Waals surface area contributed by atoms with Gasteiger partial charge in [-0.2, -0.15) is 0 Å². The van der Waals surface area contributed by atoms with Gasteiger partial charge in [-0.05, 0) is 48.4 Å². The van der Waals surface area contributed by atoms with Crippen molar-refractivity contribution < 1.29 is 28.6 Å². The summed E-state index contributed by atoms with van der Waals surface area (Å²) in [5, 5.41) is 11.7. The number of hydrogen-bond donors (Lipinski definition) is 1. The minimum atomic E-state index is -0.992. The summed E-state index contributed by atoms with van der Waals surface area (Å²) in [6.07, 6.45) is 3.76. The second kappa shape index (κ2) is 9.50. The molecule has 2 aromatic heterocycles. The molecule has 180 valence electrons. The first-order chi connectivity index (χ1) is 17.5. The highest BCUT2D eigenvalue weighted by molar-refractivity contribution is 6.20. The van der Waals surface area contributed by atoms with Crippen molar-refractivity contribution in [1.29, 1.82) is 0 Å². The van der Waals surface area contributed by atoms with Gasteiger partial charge in [0.15, 0.2) is 11.5 Å². The number of para-hydroxylation sites is 1. The predicted octanol–water partition coefficient (Wildman–Crippen LogP) is 5.18. The molecule has 0 spiro atoms. The fourth-order valence-corrected chi connectivity index (χ4v) is 4.24. The molecule has 1 atom stereocenters. The first-order valence-electron chi connectivity index (χ1n) is 11.5. The molecule has 1 amide bonds. The van der Waals surface area contributed by atoms with E-state index in [0.717, 1.165) is 5.39 Å². The summed E-state index contributed by atoms with van der Waals surface area (Å²) in [6.45, 7) is 2.16. The van der Waals surface area contributed by atoms with Crippen molar-refractivity contribution in [3.63, 3.8) is 0 Å². The second-order valence-electron chi connectivity index (χ2n) is 8.29. The Labute approximate surface area is 206 Å². The van der Waals surface area contributed by atoms with Crippen molar-refractivity contribution in [2.24, 2.45) is 0 Å². The number of anilines is 1. The number of benzene rings is 2. The zero-order valence-electron chi connectivity index (χ0n) is 19.4. The van der Waals surface area contributed by atoms with Gasteiger partial charge in [0, 0.05) is 23.5 Å². The Bertz CT molecular complexity index is 1470. The summed E-state index contributed by atoms with van der Waals surface area (Å²) < 4.78 is 11.0. The van der Waals surface area contributed by atoms with E-state index >= 15 is 0 Å². The molecule has 3 heterocycles. The molecule has 1 N–H and O–H groups in total. The maximum atomic E-state index is 13.6. The Kier molecular flexibility index (Phi) is 6.08. The van der Waals surface area contributed by atoms with E-state index in [4.69, 9.17) is 9.15 Å². The Balaban J connectivity index is 1.59. The van der Waals surface area contributed by atoms with Crippen LogP contribution in [0.15, 0.2) is 94.9 Å². The number of hydrogen-bond acceptors (Lipinski definition) is 7. The van der Waals surface area contributed by atoms with E-state index in [0.29, 0.717) is 23.3 Å². The molecular weight excluding hydrogens is 460 g/mol. The minimum absolute atomic E-state index is 0.00168. The first kappa shape index (κ1) is 23.0. The third-order valence-electron chi connectivity index (χ3n) is 5.90. The smallest absolute Gasteiger partial charge is 0.338 e. The maximum Gasteiger partial charge on any atom is 0.338 e. The Morgan fingerprint density at radius 3 is 2.67 bits per heavy atom. The van der Waals surface area contributed by atoms with Crippen LogP contribution in [0.5, 0.6) is 0 Å². The maximum absolute atomic E-state index is 13.6. The van der Waals surface area contributed by atoms with E-state index in [1.54, 1.807) is 60.8 Å². The van der Waals surface area contributed by atoms with E-state index in [1.807, 2.05) is 13.0 Å². The summed E-state index contributed by atoms with van der Waals surface area (Å²) in [5.41, 5.74) is 1.45. The standard InChI is InChI=1S/C28H22N2O6/c1-2-13-35-28(34)18-8-5-10-20(14-18)30-24(19-9-6-12-29-16-19)23(26(32)27(30)33)25(31)22-15-17-7-3-4-11-21(17)36-22/h3-12,14-16,24,32H,2,13H2,1H3. The van der Waals surface area contributed by atoms with Gasteiger partial charge in [0.05, 0.1) is 23.8 Å². The molecule has 0 saturated heterocycles. The van der Waals surface area contributed by atoms with Gasteiger partial charge in [0.2, 0.25) is 5.78 Å². The number of aromatic nitrogens is 1. The van der Waals surface area contributed by atoms with E-state index in [1.165, 1.54) is 17.2 Å². The molecule has 0 fully saturated rings. The SMILES string of the molecule is CCCOC(=O)c1cccc(N2C(=O)C(O)=C(C(=O)c3cc4ccccc4o3)C2c2cccnc2)c1. The number of esters is 1. The number of ketones is 1. The number of carbonyl (C=O) groups excluding carboxylic acids is 3. The predicted molar refractivity (Wildman–Crippen MR) is 132 cm³/mol. The third-order valence-corrected chi connectivity index (χ3v) is 5.90. The van der Waals surface area contributed by atoms with Crippen LogP contribution >= 0.6 is 0 Å². The lowest BCUT2D eigenvalue weighted by atomic mass is 9.95. The van der Waals surface area contributed by atoms with Crippen LogP contribution in [0.4, 0.5) is 5.69 Å². The van der Waals surface area contributed by atoms with Crippen molar-refractivity contribution in [3.8, 4) is 0 Å². The molecule has 2 aromatic carbocycles. The normalized spacial score (nSPS) is 15.5. The van der Waals surface area contributed by atoms with Crippen LogP contribution in [0, 0.1) is 0 Å². The summed E-state index contributed by atoms with van der Waals surface area (Å²) in [7, 11) is 0. The van der Waals surface area contributed by atoms with Crippen LogP contribution in [-0.2, 0) is 9.53 Å². The van der Waals surface area contributed by atoms with E-state index < -0.39 is 29.5 Å². The van der Waals surface area contributed by atoms with Crippen molar-refractivity contribution >= 4 is 34.3 Å². The molecule has 0 radical (unpaired) electrons. The van der Waals surface area contributed by atoms with Crippen molar-refractivity contribution in [2.75, 3.05) is 11.5 Å². The fraction of sp³-hybridized carbons (Fsp3) is 0.143. The summed E-state index contributed by atoms with van der Waals surface area (Å²) in [5.74, 6) is -2.61. The first-order valence-corrected chi connectivity index (χ1v) is 11.5. The van der Waals surface area contributed by atoms with Gasteiger partial charge in [-0.1, -0.05) is 37.3 Å². The third kappa shape index (κ3) is 4.02. The number of carbonyl (C=O) groups is 3. The van der Waals surface area contributed by atoms with Crippen LogP contribution in [0.1, 0.15) is 45.9 Å². The molecule has 1 aliphatic heterocycles. The number of aliphatic hydroxyl groups excluding tert-OH is 1. The molecule has 5 rings (SSSR count). The molecule has 0 saturated carbocycles.